The van der Waals surface area contributed by atoms with Gasteiger partial charge in [-0.2, -0.15) is 0 Å². The number of rotatable bonds is 5. The molecule has 2 N–H and O–H groups in total. The molecule has 0 spiro atoms. The van der Waals surface area contributed by atoms with Crippen LogP contribution < -0.4 is 15.5 Å². The van der Waals surface area contributed by atoms with Gasteiger partial charge in [-0.05, 0) is 48.7 Å². The third-order valence-electron chi connectivity index (χ3n) is 5.85. The lowest BCUT2D eigenvalue weighted by Crippen LogP contribution is -2.41. The molecule has 3 aromatic carbocycles. The van der Waals surface area contributed by atoms with Crippen molar-refractivity contribution in [2.75, 3.05) is 17.9 Å². The number of anilines is 1. The number of carbonyl (C=O) groups is 1. The summed E-state index contributed by atoms with van der Waals surface area (Å²) in [6, 6.07) is 23.4. The van der Waals surface area contributed by atoms with Gasteiger partial charge in [0.1, 0.15) is 11.0 Å². The van der Waals surface area contributed by atoms with Gasteiger partial charge in [0.15, 0.2) is 5.82 Å². The van der Waals surface area contributed by atoms with Gasteiger partial charge >= 0.3 is 0 Å². The number of carbonyl (C=O) groups excluding carboxylic acids is 1. The molecule has 2 atom stereocenters. The van der Waals surface area contributed by atoms with Gasteiger partial charge in [-0.25, -0.2) is 4.68 Å². The molecule has 5 rings (SSSR count). The molecule has 0 saturated carbocycles. The van der Waals surface area contributed by atoms with Crippen LogP contribution >= 0.6 is 11.8 Å². The predicted molar refractivity (Wildman–Crippen MR) is 135 cm³/mol. The second kappa shape index (κ2) is 9.23. The lowest BCUT2D eigenvalue weighted by molar-refractivity contribution is -0.116. The van der Waals surface area contributed by atoms with E-state index in [2.05, 4.69) is 20.9 Å². The molecule has 0 saturated heterocycles. The quantitative estimate of drug-likeness (QED) is 0.428. The van der Waals surface area contributed by atoms with Crippen molar-refractivity contribution in [1.29, 1.82) is 0 Å². The first-order chi connectivity index (χ1) is 16.5. The fourth-order valence-electron chi connectivity index (χ4n) is 3.97. The van der Waals surface area contributed by atoms with Crippen molar-refractivity contribution >= 4 is 23.4 Å². The maximum Gasteiger partial charge on any atom is 0.240 e. The minimum atomic E-state index is -0.464. The molecular formula is C26H25N5O2S. The van der Waals surface area contributed by atoms with Crippen LogP contribution in [0.25, 0.3) is 11.4 Å². The summed E-state index contributed by atoms with van der Waals surface area (Å²) >= 11 is 1.41. The van der Waals surface area contributed by atoms with Crippen LogP contribution in [-0.2, 0) is 4.79 Å². The molecule has 2 unspecified atom stereocenters. The summed E-state index contributed by atoms with van der Waals surface area (Å²) in [4.78, 5) is 13.6. The van der Waals surface area contributed by atoms with Crippen molar-refractivity contribution < 1.29 is 9.53 Å². The zero-order valence-corrected chi connectivity index (χ0v) is 20.0. The third kappa shape index (κ3) is 4.24. The Hall–Kier alpha value is -3.78. The Kier molecular flexibility index (Phi) is 5.98. The summed E-state index contributed by atoms with van der Waals surface area (Å²) in [6.07, 6.45) is 0. The molecule has 172 valence electrons. The summed E-state index contributed by atoms with van der Waals surface area (Å²) in [5, 5.41) is 12.1. The molecular weight excluding hydrogens is 446 g/mol. The molecule has 0 fully saturated rings. The molecule has 0 radical (unpaired) electrons. The van der Waals surface area contributed by atoms with Crippen LogP contribution in [0, 0.1) is 13.8 Å². The second-order valence-corrected chi connectivity index (χ2v) is 9.34. The van der Waals surface area contributed by atoms with Crippen LogP contribution in [0.2, 0.25) is 0 Å². The molecule has 1 aliphatic heterocycles. The van der Waals surface area contributed by atoms with Crippen LogP contribution in [0.4, 0.5) is 5.69 Å². The maximum atomic E-state index is 13.6. The zero-order chi connectivity index (χ0) is 23.7. The van der Waals surface area contributed by atoms with Crippen molar-refractivity contribution in [1.82, 2.24) is 14.9 Å². The van der Waals surface area contributed by atoms with Crippen LogP contribution in [0.15, 0.2) is 78.0 Å². The van der Waals surface area contributed by atoms with Crippen LogP contribution in [-0.4, -0.2) is 33.1 Å². The van der Waals surface area contributed by atoms with Crippen LogP contribution in [0.3, 0.4) is 0 Å². The number of thioether (sulfide) groups is 1. The van der Waals surface area contributed by atoms with Gasteiger partial charge in [-0.3, -0.25) is 4.79 Å². The number of aromatic nitrogens is 3. The third-order valence-corrected chi connectivity index (χ3v) is 7.07. The highest BCUT2D eigenvalue weighted by Crippen LogP contribution is 2.39. The number of aryl methyl sites for hydroxylation is 2. The summed E-state index contributed by atoms with van der Waals surface area (Å²) in [7, 11) is 1.64. The van der Waals surface area contributed by atoms with E-state index in [9.17, 15) is 4.79 Å². The smallest absolute Gasteiger partial charge is 0.240 e. The van der Waals surface area contributed by atoms with Gasteiger partial charge < -0.3 is 15.5 Å². The molecule has 1 aliphatic rings. The normalized spacial score (nSPS) is 16.9. The highest BCUT2D eigenvalue weighted by atomic mass is 32.2. The summed E-state index contributed by atoms with van der Waals surface area (Å²) in [5.41, 5.74) is 8.35. The Morgan fingerprint density at radius 2 is 1.79 bits per heavy atom. The molecule has 1 amide bonds. The number of benzene rings is 3. The van der Waals surface area contributed by atoms with E-state index in [1.165, 1.54) is 11.8 Å². The van der Waals surface area contributed by atoms with E-state index >= 15 is 0 Å². The number of amides is 1. The van der Waals surface area contributed by atoms with E-state index in [0.717, 1.165) is 33.7 Å². The standard InChI is InChI=1S/C26H25N5O2S/c1-16-9-10-17(2)21(15-16)27-25(32)23-22(18-11-13-20(33-3)14-12-18)30-31-24(28-29-26(31)34-23)19-7-5-4-6-8-19/h4-15,22-23,30H,1-3H3,(H,27,32). The molecule has 1 aromatic heterocycles. The lowest BCUT2D eigenvalue weighted by atomic mass is 10.0. The Balaban J connectivity index is 1.52. The molecule has 2 heterocycles. The minimum absolute atomic E-state index is 0.0949. The van der Waals surface area contributed by atoms with Crippen molar-refractivity contribution in [3.05, 3.63) is 89.5 Å². The van der Waals surface area contributed by atoms with Gasteiger partial charge in [-0.1, -0.05) is 66.4 Å². The Labute approximate surface area is 202 Å². The number of ether oxygens (including phenoxy) is 1. The largest absolute Gasteiger partial charge is 0.497 e. The number of hydrogen-bond acceptors (Lipinski definition) is 6. The first-order valence-corrected chi connectivity index (χ1v) is 11.9. The van der Waals surface area contributed by atoms with E-state index < -0.39 is 5.25 Å². The molecule has 0 aliphatic carbocycles. The number of nitrogens with zero attached hydrogens (tertiary/aromatic N) is 3. The monoisotopic (exact) mass is 471 g/mol. The number of hydrogen-bond donors (Lipinski definition) is 2. The average molecular weight is 472 g/mol. The highest BCUT2D eigenvalue weighted by molar-refractivity contribution is 8.00. The fraction of sp³-hybridized carbons (Fsp3) is 0.192. The molecule has 0 bridgehead atoms. The average Bonchev–Trinajstić information content (AvgIpc) is 3.29. The van der Waals surface area contributed by atoms with Crippen molar-refractivity contribution in [2.45, 2.75) is 30.3 Å². The Bertz CT molecular complexity index is 1320. The van der Waals surface area contributed by atoms with Crippen molar-refractivity contribution in [3.63, 3.8) is 0 Å². The number of fused-ring (bicyclic) bond motifs is 1. The summed E-state index contributed by atoms with van der Waals surface area (Å²) < 4.78 is 7.20. The van der Waals surface area contributed by atoms with Gasteiger partial charge in [0, 0.05) is 11.3 Å². The van der Waals surface area contributed by atoms with E-state index in [0.29, 0.717) is 11.0 Å². The van der Waals surface area contributed by atoms with E-state index in [1.807, 2.05) is 91.3 Å². The zero-order valence-electron chi connectivity index (χ0n) is 19.1. The minimum Gasteiger partial charge on any atom is -0.497 e. The van der Waals surface area contributed by atoms with Crippen LogP contribution in [0.5, 0.6) is 5.75 Å². The Morgan fingerprint density at radius 3 is 2.53 bits per heavy atom. The van der Waals surface area contributed by atoms with Gasteiger partial charge in [0.2, 0.25) is 11.1 Å². The topological polar surface area (TPSA) is 81.1 Å². The van der Waals surface area contributed by atoms with Crippen LogP contribution in [0.1, 0.15) is 22.7 Å². The second-order valence-electron chi connectivity index (χ2n) is 8.23. The number of nitrogens with one attached hydrogen (secondary N) is 2. The van der Waals surface area contributed by atoms with E-state index in [-0.39, 0.29) is 11.9 Å². The first kappa shape index (κ1) is 22.0. The van der Waals surface area contributed by atoms with E-state index in [4.69, 9.17) is 4.74 Å². The van der Waals surface area contributed by atoms with Gasteiger partial charge in [-0.15, -0.1) is 10.2 Å². The molecule has 4 aromatic rings. The van der Waals surface area contributed by atoms with Gasteiger partial charge in [0.25, 0.3) is 0 Å². The van der Waals surface area contributed by atoms with Crippen molar-refractivity contribution in [2.24, 2.45) is 0 Å². The first-order valence-electron chi connectivity index (χ1n) is 11.0. The summed E-state index contributed by atoms with van der Waals surface area (Å²) in [6.45, 7) is 4.00. The molecule has 7 nitrogen and oxygen atoms in total. The van der Waals surface area contributed by atoms with Crippen molar-refractivity contribution in [3.8, 4) is 17.1 Å². The fourth-order valence-corrected chi connectivity index (χ4v) is 5.04. The highest BCUT2D eigenvalue weighted by Gasteiger charge is 2.38. The maximum absolute atomic E-state index is 13.6. The molecule has 34 heavy (non-hydrogen) atoms. The predicted octanol–water partition coefficient (Wildman–Crippen LogP) is 4.97. The van der Waals surface area contributed by atoms with E-state index in [1.54, 1.807) is 7.11 Å². The Morgan fingerprint density at radius 1 is 1.03 bits per heavy atom. The lowest BCUT2D eigenvalue weighted by Gasteiger charge is -2.33. The SMILES string of the molecule is COc1ccc(C2Nn3c(nnc3-c3ccccc3)SC2C(=O)Nc2cc(C)ccc2C)cc1. The molecule has 8 heteroatoms. The number of methoxy groups -OCH3 is 1. The summed E-state index contributed by atoms with van der Waals surface area (Å²) in [5.74, 6) is 1.37. The van der Waals surface area contributed by atoms with Gasteiger partial charge in [0.05, 0.1) is 13.2 Å².